The Balaban J connectivity index is -0.000000240. The van der Waals surface area contributed by atoms with E-state index in [4.69, 9.17) is 0 Å². The van der Waals surface area contributed by atoms with Crippen LogP contribution in [0.25, 0.3) is 0 Å². The van der Waals surface area contributed by atoms with Crippen molar-refractivity contribution in [2.45, 2.75) is 125 Å². The molecule has 0 bridgehead atoms. The zero-order valence-electron chi connectivity index (χ0n) is 28.9. The van der Waals surface area contributed by atoms with Gasteiger partial charge in [-0.2, -0.15) is 0 Å². The van der Waals surface area contributed by atoms with Gasteiger partial charge in [0.25, 0.3) is 0 Å². The van der Waals surface area contributed by atoms with Crippen LogP contribution in [0.1, 0.15) is 125 Å². The van der Waals surface area contributed by atoms with Crippen LogP contribution in [0, 0.1) is 32.5 Å². The number of hydrogen-bond acceptors (Lipinski definition) is 6. The van der Waals surface area contributed by atoms with Crippen LogP contribution in [0.4, 0.5) is 0 Å². The third-order valence-corrected chi connectivity index (χ3v) is 5.33. The molecule has 0 atom stereocenters. The Morgan fingerprint density at radius 1 is 0.350 bits per heavy atom. The van der Waals surface area contributed by atoms with Gasteiger partial charge in [0.2, 0.25) is 0 Å². The van der Waals surface area contributed by atoms with Crippen LogP contribution in [-0.2, 0) is 40.2 Å². The standard InChI is InChI=1S/3C11H20O2.Sc/c3*1-10(2,3)8(12)7-9(13)11(4,5)6;/h3*7,12H,1-6H3;/b2*8-7+;8-7-;. The zero-order chi connectivity index (χ0) is 32.6. The quantitative estimate of drug-likeness (QED) is 0.221. The molecule has 0 aromatic carbocycles. The first-order chi connectivity index (χ1) is 16.6. The third-order valence-electron chi connectivity index (χ3n) is 5.33. The van der Waals surface area contributed by atoms with E-state index in [1.165, 1.54) is 18.2 Å². The molecule has 0 spiro atoms. The van der Waals surface area contributed by atoms with Gasteiger partial charge >= 0.3 is 0 Å². The summed E-state index contributed by atoms with van der Waals surface area (Å²) in [6, 6.07) is 0. The van der Waals surface area contributed by atoms with Gasteiger partial charge in [-0.05, 0) is 0 Å². The Morgan fingerprint density at radius 2 is 0.475 bits per heavy atom. The fourth-order valence-electron chi connectivity index (χ4n) is 1.67. The predicted octanol–water partition coefficient (Wildman–Crippen LogP) is 9.27. The molecule has 40 heavy (non-hydrogen) atoms. The summed E-state index contributed by atoms with van der Waals surface area (Å²) in [5, 5.41) is 28.7. The molecule has 0 unspecified atom stereocenters. The van der Waals surface area contributed by atoms with Crippen molar-refractivity contribution in [1.29, 1.82) is 0 Å². The second-order valence-corrected chi connectivity index (χ2v) is 16.2. The second kappa shape index (κ2) is 16.2. The molecule has 0 amide bonds. The van der Waals surface area contributed by atoms with Crippen LogP contribution < -0.4 is 0 Å². The molecule has 231 valence electrons. The van der Waals surface area contributed by atoms with Crippen LogP contribution in [0.15, 0.2) is 35.5 Å². The summed E-state index contributed by atoms with van der Waals surface area (Å²) in [4.78, 5) is 34.5. The van der Waals surface area contributed by atoms with Gasteiger partial charge in [0.15, 0.2) is 17.3 Å². The van der Waals surface area contributed by atoms with Crippen LogP contribution in [0.5, 0.6) is 0 Å². The molecule has 3 N–H and O–H groups in total. The smallest absolute Gasteiger partial charge is 0.164 e. The average molecular weight is 598 g/mol. The van der Waals surface area contributed by atoms with Gasteiger partial charge in [-0.25, -0.2) is 0 Å². The molecule has 0 saturated heterocycles. The maximum absolute atomic E-state index is 11.5. The Morgan fingerprint density at radius 3 is 0.550 bits per heavy atom. The number of carbonyl (C=O) groups is 3. The monoisotopic (exact) mass is 597 g/mol. The number of ketones is 3. The number of hydrogen-bond donors (Lipinski definition) is 3. The minimum atomic E-state index is -0.417. The minimum Gasteiger partial charge on any atom is -0.512 e. The summed E-state index contributed by atoms with van der Waals surface area (Å²) in [5.41, 5.74) is -2.29. The maximum atomic E-state index is 11.5. The fourth-order valence-corrected chi connectivity index (χ4v) is 1.67. The maximum Gasteiger partial charge on any atom is 0.164 e. The Labute approximate surface area is 264 Å². The Hall–Kier alpha value is -1.50. The first-order valence-electron chi connectivity index (χ1n) is 13.5. The second-order valence-electron chi connectivity index (χ2n) is 16.2. The molecule has 7 heteroatoms. The average Bonchev–Trinajstić information content (AvgIpc) is 2.64. The van der Waals surface area contributed by atoms with E-state index < -0.39 is 16.2 Å². The van der Waals surface area contributed by atoms with E-state index in [-0.39, 0.29) is 76.7 Å². The summed E-state index contributed by atoms with van der Waals surface area (Å²) in [6.45, 7) is 33.3. The molecular formula is C33H60O6Sc. The SMILES string of the molecule is CC(C)(C)C(=O)/C=C(/O)C(C)(C)C.CC(C)(C)C(=O)/C=C(/O)C(C)(C)C.CC(C)(C)C(=O)/C=C(\O)C(C)(C)C.[Sc]. The van der Waals surface area contributed by atoms with Gasteiger partial charge < -0.3 is 15.3 Å². The molecular weight excluding hydrogens is 537 g/mol. The van der Waals surface area contributed by atoms with Crippen molar-refractivity contribution >= 4 is 17.3 Å². The van der Waals surface area contributed by atoms with Gasteiger partial charge in [0, 0.05) is 76.6 Å². The topological polar surface area (TPSA) is 112 Å². The molecule has 0 rings (SSSR count). The number of aliphatic hydroxyl groups excluding tert-OH is 3. The molecule has 0 aliphatic heterocycles. The van der Waals surface area contributed by atoms with E-state index in [9.17, 15) is 29.7 Å². The largest absolute Gasteiger partial charge is 0.512 e. The number of aliphatic hydroxyl groups is 3. The summed E-state index contributed by atoms with van der Waals surface area (Å²) in [7, 11) is 0. The molecule has 1 radical (unpaired) electrons. The van der Waals surface area contributed by atoms with E-state index in [0.29, 0.717) is 0 Å². The van der Waals surface area contributed by atoms with Gasteiger partial charge in [-0.1, -0.05) is 125 Å². The summed E-state index contributed by atoms with van der Waals surface area (Å²) >= 11 is 0. The predicted molar refractivity (Wildman–Crippen MR) is 164 cm³/mol. The van der Waals surface area contributed by atoms with E-state index in [0.717, 1.165) is 0 Å². The summed E-state index contributed by atoms with van der Waals surface area (Å²) in [5.74, 6) is 0.312. The van der Waals surface area contributed by atoms with Crippen molar-refractivity contribution in [1.82, 2.24) is 0 Å². The van der Waals surface area contributed by atoms with Gasteiger partial charge in [0.05, 0.1) is 0 Å². The molecule has 0 aromatic rings. The van der Waals surface area contributed by atoms with Crippen molar-refractivity contribution in [3.8, 4) is 0 Å². The van der Waals surface area contributed by atoms with Crippen LogP contribution in [0.2, 0.25) is 0 Å². The molecule has 0 heterocycles. The van der Waals surface area contributed by atoms with Crippen molar-refractivity contribution in [2.24, 2.45) is 32.5 Å². The third kappa shape index (κ3) is 21.3. The van der Waals surface area contributed by atoms with E-state index in [1.54, 1.807) is 0 Å². The van der Waals surface area contributed by atoms with Crippen LogP contribution in [0.3, 0.4) is 0 Å². The van der Waals surface area contributed by atoms with Crippen molar-refractivity contribution < 1.29 is 55.5 Å². The molecule has 0 aliphatic rings. The molecule has 0 fully saturated rings. The zero-order valence-corrected chi connectivity index (χ0v) is 30.7. The first-order valence-corrected chi connectivity index (χ1v) is 13.5. The van der Waals surface area contributed by atoms with Crippen molar-refractivity contribution in [3.63, 3.8) is 0 Å². The van der Waals surface area contributed by atoms with Gasteiger partial charge in [0.1, 0.15) is 17.3 Å². The van der Waals surface area contributed by atoms with E-state index in [2.05, 4.69) is 0 Å². The Kier molecular flexibility index (Phi) is 18.4. The Bertz CT molecular complexity index is 801. The molecule has 0 aliphatic carbocycles. The molecule has 0 aromatic heterocycles. The number of allylic oxidation sites excluding steroid dienone is 6. The normalized spacial score (nSPS) is 14.1. The van der Waals surface area contributed by atoms with Crippen molar-refractivity contribution in [2.75, 3.05) is 0 Å². The van der Waals surface area contributed by atoms with E-state index >= 15 is 0 Å². The summed E-state index contributed by atoms with van der Waals surface area (Å²) in [6.07, 6.45) is 4.00. The number of carbonyl (C=O) groups excluding carboxylic acids is 3. The first kappa shape index (κ1) is 45.5. The van der Waals surface area contributed by atoms with Gasteiger partial charge in [-0.3, -0.25) is 14.4 Å². The number of rotatable bonds is 3. The minimum absolute atomic E-state index is 0. The van der Waals surface area contributed by atoms with Crippen molar-refractivity contribution in [3.05, 3.63) is 35.5 Å². The van der Waals surface area contributed by atoms with Crippen LogP contribution >= 0.6 is 0 Å². The van der Waals surface area contributed by atoms with Crippen LogP contribution in [-0.4, -0.2) is 32.7 Å². The van der Waals surface area contributed by atoms with E-state index in [1.807, 2.05) is 125 Å². The molecule has 6 nitrogen and oxygen atoms in total. The fraction of sp³-hybridized carbons (Fsp3) is 0.727. The summed E-state index contributed by atoms with van der Waals surface area (Å²) < 4.78 is 0. The van der Waals surface area contributed by atoms with Gasteiger partial charge in [-0.15, -0.1) is 0 Å². The molecule has 0 saturated carbocycles.